The third-order valence-corrected chi connectivity index (χ3v) is 5.75. The molecule has 0 bridgehead atoms. The summed E-state index contributed by atoms with van der Waals surface area (Å²) in [5, 5.41) is 5.31. The molecule has 0 atom stereocenters. The van der Waals surface area contributed by atoms with Crippen molar-refractivity contribution >= 4 is 23.4 Å². The molecule has 0 saturated heterocycles. The summed E-state index contributed by atoms with van der Waals surface area (Å²) in [6, 6.07) is 13.3. The number of halogens is 1. The second-order valence-corrected chi connectivity index (χ2v) is 8.94. The Hall–Kier alpha value is -3.22. The predicted molar refractivity (Wildman–Crippen MR) is 137 cm³/mol. The van der Waals surface area contributed by atoms with Gasteiger partial charge in [-0.15, -0.1) is 0 Å². The zero-order valence-electron chi connectivity index (χ0n) is 20.9. The molecule has 0 radical (unpaired) electrons. The van der Waals surface area contributed by atoms with Crippen LogP contribution in [0.15, 0.2) is 48.5 Å². The average molecular weight is 484 g/mol. The van der Waals surface area contributed by atoms with Crippen molar-refractivity contribution in [2.75, 3.05) is 18.4 Å². The third-order valence-electron chi connectivity index (χ3n) is 5.75. The highest BCUT2D eigenvalue weighted by Crippen LogP contribution is 2.12. The maximum absolute atomic E-state index is 13.3. The van der Waals surface area contributed by atoms with Crippen LogP contribution in [-0.4, -0.2) is 35.7 Å². The minimum absolute atomic E-state index is 0.123. The van der Waals surface area contributed by atoms with Gasteiger partial charge < -0.3 is 15.5 Å². The van der Waals surface area contributed by atoms with E-state index in [0.717, 1.165) is 30.4 Å². The highest BCUT2D eigenvalue weighted by molar-refractivity contribution is 5.95. The minimum Gasteiger partial charge on any atom is -0.345 e. The SMILES string of the molecule is CCCCCCCCCC(=O)N(CC(=O)NCC(=O)Nc1ccc(C)cc1)Cc1ccc(F)cc1. The van der Waals surface area contributed by atoms with Gasteiger partial charge in [-0.25, -0.2) is 4.39 Å². The zero-order chi connectivity index (χ0) is 25.5. The predicted octanol–water partition coefficient (Wildman–Crippen LogP) is 5.36. The molecule has 2 aromatic rings. The van der Waals surface area contributed by atoms with Crippen LogP contribution in [0.25, 0.3) is 0 Å². The van der Waals surface area contributed by atoms with Crippen LogP contribution < -0.4 is 10.6 Å². The number of nitrogens with zero attached hydrogens (tertiary/aromatic N) is 1. The lowest BCUT2D eigenvalue weighted by molar-refractivity contribution is -0.137. The summed E-state index contributed by atoms with van der Waals surface area (Å²) in [5.41, 5.74) is 2.47. The maximum atomic E-state index is 13.3. The number of rotatable bonds is 15. The molecule has 0 aliphatic carbocycles. The number of nitrogens with one attached hydrogen (secondary N) is 2. The molecule has 35 heavy (non-hydrogen) atoms. The van der Waals surface area contributed by atoms with Crippen molar-refractivity contribution in [1.82, 2.24) is 10.2 Å². The van der Waals surface area contributed by atoms with E-state index < -0.39 is 5.91 Å². The first-order chi connectivity index (χ1) is 16.9. The van der Waals surface area contributed by atoms with E-state index in [0.29, 0.717) is 12.1 Å². The molecule has 2 N–H and O–H groups in total. The van der Waals surface area contributed by atoms with Crippen LogP contribution in [0.4, 0.5) is 10.1 Å². The fourth-order valence-corrected chi connectivity index (χ4v) is 3.68. The zero-order valence-corrected chi connectivity index (χ0v) is 20.9. The van der Waals surface area contributed by atoms with E-state index >= 15 is 0 Å². The summed E-state index contributed by atoms with van der Waals surface area (Å²) in [6.45, 7) is 3.99. The number of benzene rings is 2. The molecule has 0 aliphatic heterocycles. The molecule has 0 saturated carbocycles. The fraction of sp³-hybridized carbons (Fsp3) is 0.464. The van der Waals surface area contributed by atoms with Gasteiger partial charge in [0.1, 0.15) is 5.82 Å². The molecule has 190 valence electrons. The van der Waals surface area contributed by atoms with E-state index in [-0.39, 0.29) is 37.3 Å². The van der Waals surface area contributed by atoms with Crippen LogP contribution in [0.3, 0.4) is 0 Å². The molecule has 2 rings (SSSR count). The van der Waals surface area contributed by atoms with Crippen LogP contribution in [0.1, 0.15) is 69.4 Å². The summed E-state index contributed by atoms with van der Waals surface area (Å²) >= 11 is 0. The standard InChI is InChI=1S/C28H38FN3O3/c1-3-4-5-6-7-8-9-10-28(35)32(20-23-13-15-24(29)16-14-23)21-27(34)30-19-26(33)31-25-17-11-22(2)12-18-25/h11-18H,3-10,19-21H2,1-2H3,(H,30,34)(H,31,33). The quantitative estimate of drug-likeness (QED) is 0.335. The van der Waals surface area contributed by atoms with Crippen molar-refractivity contribution in [2.24, 2.45) is 0 Å². The smallest absolute Gasteiger partial charge is 0.243 e. The van der Waals surface area contributed by atoms with Gasteiger partial charge in [-0.3, -0.25) is 14.4 Å². The lowest BCUT2D eigenvalue weighted by Crippen LogP contribution is -2.42. The molecule has 0 heterocycles. The van der Waals surface area contributed by atoms with Crippen LogP contribution >= 0.6 is 0 Å². The first-order valence-corrected chi connectivity index (χ1v) is 12.5. The van der Waals surface area contributed by atoms with Gasteiger partial charge in [-0.1, -0.05) is 75.3 Å². The van der Waals surface area contributed by atoms with Crippen LogP contribution in [0.5, 0.6) is 0 Å². The average Bonchev–Trinajstić information content (AvgIpc) is 2.84. The van der Waals surface area contributed by atoms with Crippen molar-refractivity contribution in [3.8, 4) is 0 Å². The summed E-state index contributed by atoms with van der Waals surface area (Å²) in [6.07, 6.45) is 8.04. The first-order valence-electron chi connectivity index (χ1n) is 12.5. The maximum Gasteiger partial charge on any atom is 0.243 e. The van der Waals surface area contributed by atoms with Gasteiger partial charge >= 0.3 is 0 Å². The molecule has 2 aromatic carbocycles. The van der Waals surface area contributed by atoms with Crippen molar-refractivity contribution < 1.29 is 18.8 Å². The molecular weight excluding hydrogens is 445 g/mol. The van der Waals surface area contributed by atoms with Crippen molar-refractivity contribution in [3.63, 3.8) is 0 Å². The highest BCUT2D eigenvalue weighted by Gasteiger charge is 2.18. The third kappa shape index (κ3) is 11.7. The monoisotopic (exact) mass is 483 g/mol. The topological polar surface area (TPSA) is 78.5 Å². The second kappa shape index (κ2) is 15.6. The van der Waals surface area contributed by atoms with Gasteiger partial charge in [0.15, 0.2) is 0 Å². The Morgan fingerprint density at radius 3 is 2.11 bits per heavy atom. The van der Waals surface area contributed by atoms with Gasteiger partial charge in [-0.05, 0) is 43.2 Å². The number of unbranched alkanes of at least 4 members (excludes halogenated alkanes) is 6. The molecule has 0 aliphatic rings. The van der Waals surface area contributed by atoms with Crippen molar-refractivity contribution in [1.29, 1.82) is 0 Å². The van der Waals surface area contributed by atoms with E-state index in [4.69, 9.17) is 0 Å². The number of carbonyl (C=O) groups is 3. The van der Waals surface area contributed by atoms with Gasteiger partial charge in [-0.2, -0.15) is 0 Å². The second-order valence-electron chi connectivity index (χ2n) is 8.94. The molecule has 0 unspecified atom stereocenters. The summed E-state index contributed by atoms with van der Waals surface area (Å²) in [4.78, 5) is 39.1. The van der Waals surface area contributed by atoms with E-state index in [2.05, 4.69) is 17.6 Å². The van der Waals surface area contributed by atoms with Gasteiger partial charge in [0.2, 0.25) is 17.7 Å². The minimum atomic E-state index is -0.418. The Morgan fingerprint density at radius 2 is 1.46 bits per heavy atom. The lowest BCUT2D eigenvalue weighted by atomic mass is 10.1. The van der Waals surface area contributed by atoms with E-state index in [1.165, 1.54) is 42.7 Å². The van der Waals surface area contributed by atoms with Crippen LogP contribution in [0.2, 0.25) is 0 Å². The van der Waals surface area contributed by atoms with Crippen molar-refractivity contribution in [3.05, 3.63) is 65.5 Å². The Bertz CT molecular complexity index is 929. The molecule has 0 spiro atoms. The Labute approximate surface area is 208 Å². The van der Waals surface area contributed by atoms with Gasteiger partial charge in [0.05, 0.1) is 13.1 Å². The van der Waals surface area contributed by atoms with E-state index in [9.17, 15) is 18.8 Å². The normalized spacial score (nSPS) is 10.6. The lowest BCUT2D eigenvalue weighted by Gasteiger charge is -2.22. The number of amides is 3. The number of hydrogen-bond donors (Lipinski definition) is 2. The van der Waals surface area contributed by atoms with E-state index in [1.807, 2.05) is 19.1 Å². The molecular formula is C28H38FN3O3. The molecule has 0 fully saturated rings. The Balaban J connectivity index is 1.85. The Morgan fingerprint density at radius 1 is 0.829 bits per heavy atom. The molecule has 6 nitrogen and oxygen atoms in total. The van der Waals surface area contributed by atoms with E-state index in [1.54, 1.807) is 24.3 Å². The Kier molecular flexibility index (Phi) is 12.5. The molecule has 0 aromatic heterocycles. The highest BCUT2D eigenvalue weighted by atomic mass is 19.1. The van der Waals surface area contributed by atoms with Crippen LogP contribution in [0, 0.1) is 12.7 Å². The summed E-state index contributed by atoms with van der Waals surface area (Å²) < 4.78 is 13.3. The van der Waals surface area contributed by atoms with Crippen molar-refractivity contribution in [2.45, 2.75) is 71.8 Å². The summed E-state index contributed by atoms with van der Waals surface area (Å²) in [5.74, 6) is -1.24. The molecule has 3 amide bonds. The fourth-order valence-electron chi connectivity index (χ4n) is 3.68. The first kappa shape index (κ1) is 28.0. The summed E-state index contributed by atoms with van der Waals surface area (Å²) in [7, 11) is 0. The largest absolute Gasteiger partial charge is 0.345 e. The number of hydrogen-bond acceptors (Lipinski definition) is 3. The number of anilines is 1. The van der Waals surface area contributed by atoms with Gasteiger partial charge in [0, 0.05) is 18.7 Å². The van der Waals surface area contributed by atoms with Gasteiger partial charge in [0.25, 0.3) is 0 Å². The number of aryl methyl sites for hydroxylation is 1. The van der Waals surface area contributed by atoms with Crippen LogP contribution in [-0.2, 0) is 20.9 Å². The molecule has 7 heteroatoms. The number of carbonyl (C=O) groups excluding carboxylic acids is 3.